The molecule has 35 heavy (non-hydrogen) atoms. The van der Waals surface area contributed by atoms with Gasteiger partial charge in [-0.2, -0.15) is 0 Å². The number of fused-ring (bicyclic) bond motifs is 1. The van der Waals surface area contributed by atoms with Crippen molar-refractivity contribution in [3.8, 4) is 5.75 Å². The Morgan fingerprint density at radius 2 is 1.89 bits per heavy atom. The first-order chi connectivity index (χ1) is 16.8. The second-order valence-electron chi connectivity index (χ2n) is 8.66. The molecule has 0 fully saturated rings. The van der Waals surface area contributed by atoms with Gasteiger partial charge in [-0.25, -0.2) is 9.79 Å². The summed E-state index contributed by atoms with van der Waals surface area (Å²) in [4.78, 5) is 32.4. The van der Waals surface area contributed by atoms with Crippen LogP contribution in [0.5, 0.6) is 5.75 Å². The average molecular weight is 492 g/mol. The predicted octanol–water partition coefficient (Wildman–Crippen LogP) is 5.60. The number of hydrogen-bond acceptors (Lipinski definition) is 7. The molecule has 0 radical (unpaired) electrons. The second-order valence-corrected chi connectivity index (χ2v) is 9.50. The van der Waals surface area contributed by atoms with E-state index in [1.807, 2.05) is 58.8 Å². The summed E-state index contributed by atoms with van der Waals surface area (Å²) in [5.41, 5.74) is 4.58. The molecule has 0 bridgehead atoms. The summed E-state index contributed by atoms with van der Waals surface area (Å²) in [6.45, 7) is 6.07. The number of nitrogens with zero attached hydrogens (tertiary/aromatic N) is 2. The molecule has 0 spiro atoms. The SMILES string of the molecule is COC(=O)C1=C(C)N=C2SC=C(CC(=O)Nc3ccc(C(C)C)cc3)N2C1c1cccc(OC)c1. The standard InChI is InChI=1S/C27H29N3O4S/c1-16(2)18-9-11-20(12-10-18)29-23(31)14-21-15-35-27-28-17(3)24(26(32)34-5)25(30(21)27)19-7-6-8-22(13-19)33-4/h6-13,15-16,25H,14H2,1-5H3,(H,29,31). The lowest BCUT2D eigenvalue weighted by Crippen LogP contribution is -2.37. The number of methoxy groups -OCH3 is 2. The molecule has 0 aromatic heterocycles. The maximum atomic E-state index is 13.0. The van der Waals surface area contributed by atoms with Crippen LogP contribution >= 0.6 is 11.8 Å². The van der Waals surface area contributed by atoms with E-state index in [1.54, 1.807) is 14.0 Å². The van der Waals surface area contributed by atoms with Crippen molar-refractivity contribution in [2.45, 2.75) is 39.2 Å². The zero-order chi connectivity index (χ0) is 25.1. The number of carbonyl (C=O) groups excluding carboxylic acids is 2. The Labute approximate surface area is 209 Å². The van der Waals surface area contributed by atoms with Crippen molar-refractivity contribution in [2.75, 3.05) is 19.5 Å². The predicted molar refractivity (Wildman–Crippen MR) is 139 cm³/mol. The number of allylic oxidation sites excluding steroid dienone is 1. The molecule has 7 nitrogen and oxygen atoms in total. The minimum atomic E-state index is -0.496. The molecule has 8 heteroatoms. The van der Waals surface area contributed by atoms with E-state index in [2.05, 4.69) is 24.2 Å². The number of anilines is 1. The zero-order valence-corrected chi connectivity index (χ0v) is 21.3. The summed E-state index contributed by atoms with van der Waals surface area (Å²) in [6, 6.07) is 14.9. The first-order valence-corrected chi connectivity index (χ1v) is 12.3. The maximum Gasteiger partial charge on any atom is 0.338 e. The normalized spacial score (nSPS) is 17.1. The van der Waals surface area contributed by atoms with E-state index in [1.165, 1.54) is 24.4 Å². The number of amidine groups is 1. The highest BCUT2D eigenvalue weighted by Crippen LogP contribution is 2.45. The van der Waals surface area contributed by atoms with E-state index in [4.69, 9.17) is 9.47 Å². The van der Waals surface area contributed by atoms with E-state index < -0.39 is 12.0 Å². The van der Waals surface area contributed by atoms with Gasteiger partial charge in [0.2, 0.25) is 5.91 Å². The number of ether oxygens (including phenoxy) is 2. The third kappa shape index (κ3) is 5.12. The van der Waals surface area contributed by atoms with E-state index in [0.717, 1.165) is 16.9 Å². The number of aliphatic imine (C=N–C) groups is 1. The molecule has 1 amide bonds. The molecule has 2 aromatic carbocycles. The van der Waals surface area contributed by atoms with Gasteiger partial charge in [0.1, 0.15) is 5.75 Å². The zero-order valence-electron chi connectivity index (χ0n) is 20.5. The molecule has 1 atom stereocenters. The Hall–Kier alpha value is -3.52. The summed E-state index contributed by atoms with van der Waals surface area (Å²) in [6.07, 6.45) is 0.131. The van der Waals surface area contributed by atoms with Gasteiger partial charge in [0.25, 0.3) is 0 Å². The van der Waals surface area contributed by atoms with Gasteiger partial charge in [0.15, 0.2) is 5.17 Å². The molecular weight excluding hydrogens is 462 g/mol. The molecule has 0 aliphatic carbocycles. The summed E-state index contributed by atoms with van der Waals surface area (Å²) >= 11 is 1.44. The van der Waals surface area contributed by atoms with Crippen molar-refractivity contribution < 1.29 is 19.1 Å². The summed E-state index contributed by atoms with van der Waals surface area (Å²) in [7, 11) is 2.96. The second kappa shape index (κ2) is 10.4. The van der Waals surface area contributed by atoms with Crippen molar-refractivity contribution in [3.05, 3.63) is 82.0 Å². The van der Waals surface area contributed by atoms with Crippen LogP contribution in [0.25, 0.3) is 0 Å². The average Bonchev–Trinajstić information content (AvgIpc) is 3.24. The summed E-state index contributed by atoms with van der Waals surface area (Å²) in [5.74, 6) is 0.495. The van der Waals surface area contributed by atoms with Gasteiger partial charge in [0.05, 0.1) is 38.0 Å². The van der Waals surface area contributed by atoms with Gasteiger partial charge in [-0.1, -0.05) is 49.9 Å². The van der Waals surface area contributed by atoms with E-state index >= 15 is 0 Å². The maximum absolute atomic E-state index is 13.0. The first kappa shape index (κ1) is 24.6. The lowest BCUT2D eigenvalue weighted by atomic mass is 9.93. The topological polar surface area (TPSA) is 80.2 Å². The van der Waals surface area contributed by atoms with Crippen molar-refractivity contribution in [1.82, 2.24) is 4.90 Å². The Balaban J connectivity index is 1.62. The molecule has 2 aliphatic heterocycles. The molecule has 0 saturated carbocycles. The number of rotatable bonds is 7. The van der Waals surface area contributed by atoms with Crippen molar-refractivity contribution in [3.63, 3.8) is 0 Å². The van der Waals surface area contributed by atoms with Crippen molar-refractivity contribution in [2.24, 2.45) is 4.99 Å². The summed E-state index contributed by atoms with van der Waals surface area (Å²) < 4.78 is 10.5. The van der Waals surface area contributed by atoms with Gasteiger partial charge in [-0.3, -0.25) is 4.79 Å². The minimum Gasteiger partial charge on any atom is -0.497 e. The molecule has 2 aromatic rings. The molecule has 182 valence electrons. The van der Waals surface area contributed by atoms with Gasteiger partial charge >= 0.3 is 5.97 Å². The Morgan fingerprint density at radius 3 is 2.54 bits per heavy atom. The number of hydrogen-bond donors (Lipinski definition) is 1. The summed E-state index contributed by atoms with van der Waals surface area (Å²) in [5, 5.41) is 5.61. The molecule has 2 heterocycles. The quantitative estimate of drug-likeness (QED) is 0.508. The molecule has 2 aliphatic rings. The van der Waals surface area contributed by atoms with Gasteiger partial charge < -0.3 is 19.7 Å². The van der Waals surface area contributed by atoms with Crippen LogP contribution in [-0.4, -0.2) is 36.2 Å². The lowest BCUT2D eigenvalue weighted by Gasteiger charge is -2.36. The van der Waals surface area contributed by atoms with Crippen LogP contribution in [0.1, 0.15) is 50.3 Å². The van der Waals surface area contributed by atoms with Crippen LogP contribution in [-0.2, 0) is 14.3 Å². The lowest BCUT2D eigenvalue weighted by molar-refractivity contribution is -0.136. The third-order valence-corrected chi connectivity index (χ3v) is 6.91. The van der Waals surface area contributed by atoms with Crippen LogP contribution in [0.4, 0.5) is 5.69 Å². The highest BCUT2D eigenvalue weighted by molar-refractivity contribution is 8.16. The fourth-order valence-corrected chi connectivity index (χ4v) is 5.15. The number of nitrogens with one attached hydrogen (secondary N) is 1. The fourth-order valence-electron chi connectivity index (χ4n) is 4.19. The van der Waals surface area contributed by atoms with Crippen LogP contribution in [0, 0.1) is 0 Å². The van der Waals surface area contributed by atoms with E-state index in [-0.39, 0.29) is 12.3 Å². The van der Waals surface area contributed by atoms with Crippen molar-refractivity contribution >= 4 is 34.5 Å². The highest BCUT2D eigenvalue weighted by atomic mass is 32.2. The third-order valence-electron chi connectivity index (χ3n) is 6.02. The van der Waals surface area contributed by atoms with Crippen LogP contribution in [0.15, 0.2) is 75.9 Å². The largest absolute Gasteiger partial charge is 0.497 e. The molecule has 0 saturated heterocycles. The van der Waals surface area contributed by atoms with E-state index in [9.17, 15) is 9.59 Å². The minimum absolute atomic E-state index is 0.131. The Bertz CT molecular complexity index is 1230. The molecule has 1 N–H and O–H groups in total. The number of benzene rings is 2. The number of carbonyl (C=O) groups is 2. The van der Waals surface area contributed by atoms with Gasteiger partial charge in [0, 0.05) is 11.4 Å². The highest BCUT2D eigenvalue weighted by Gasteiger charge is 2.41. The Kier molecular flexibility index (Phi) is 7.31. The Morgan fingerprint density at radius 1 is 1.14 bits per heavy atom. The smallest absolute Gasteiger partial charge is 0.338 e. The van der Waals surface area contributed by atoms with E-state index in [0.29, 0.717) is 28.1 Å². The number of amides is 1. The van der Waals surface area contributed by atoms with Gasteiger partial charge in [-0.15, -0.1) is 0 Å². The number of esters is 1. The van der Waals surface area contributed by atoms with Crippen LogP contribution < -0.4 is 10.1 Å². The fraction of sp³-hybridized carbons (Fsp3) is 0.296. The molecular formula is C27H29N3O4S. The monoisotopic (exact) mass is 491 g/mol. The number of thioether (sulfide) groups is 1. The van der Waals surface area contributed by atoms with Crippen molar-refractivity contribution in [1.29, 1.82) is 0 Å². The van der Waals surface area contributed by atoms with Gasteiger partial charge in [-0.05, 0) is 53.6 Å². The molecule has 1 unspecified atom stereocenters. The first-order valence-electron chi connectivity index (χ1n) is 11.4. The van der Waals surface area contributed by atoms with Crippen LogP contribution in [0.3, 0.4) is 0 Å². The van der Waals surface area contributed by atoms with Crippen LogP contribution in [0.2, 0.25) is 0 Å². The molecule has 4 rings (SSSR count).